The molecule has 3 rings (SSSR count). The predicted octanol–water partition coefficient (Wildman–Crippen LogP) is 3.09. The Morgan fingerprint density at radius 3 is 2.42 bits per heavy atom. The lowest BCUT2D eigenvalue weighted by Crippen LogP contribution is -2.22. The monoisotopic (exact) mass is 355 g/mol. The van der Waals surface area contributed by atoms with E-state index in [-0.39, 0.29) is 12.5 Å². The molecule has 0 aliphatic heterocycles. The molecule has 2 aromatic carbocycles. The van der Waals surface area contributed by atoms with Crippen molar-refractivity contribution in [2.45, 2.75) is 13.5 Å². The van der Waals surface area contributed by atoms with Crippen LogP contribution in [0.3, 0.4) is 0 Å². The number of benzene rings is 2. The van der Waals surface area contributed by atoms with Crippen molar-refractivity contribution in [3.8, 4) is 17.2 Å². The number of aryl methyl sites for hydroxylation is 1. The molecular weight excluding hydrogens is 334 g/mol. The number of aromatic nitrogens is 2. The van der Waals surface area contributed by atoms with Gasteiger partial charge in [-0.15, -0.1) is 0 Å². The summed E-state index contributed by atoms with van der Waals surface area (Å²) in [4.78, 5) is 16.8. The first-order valence-corrected chi connectivity index (χ1v) is 8.26. The smallest absolute Gasteiger partial charge is 0.264 e. The molecule has 7 nitrogen and oxygen atoms in total. The number of carbonyl (C=O) groups is 1. The predicted molar refractivity (Wildman–Crippen MR) is 99.1 cm³/mol. The highest BCUT2D eigenvalue weighted by Crippen LogP contribution is 2.36. The Hall–Kier alpha value is -3.22. The molecule has 0 atom stereocenters. The number of nitrogens with zero attached hydrogens (tertiary/aromatic N) is 2. The van der Waals surface area contributed by atoms with E-state index in [1.807, 2.05) is 35.8 Å². The van der Waals surface area contributed by atoms with E-state index in [0.29, 0.717) is 29.7 Å². The van der Waals surface area contributed by atoms with Gasteiger partial charge in [0.05, 0.1) is 25.3 Å². The molecule has 0 aliphatic carbocycles. The second kappa shape index (κ2) is 7.77. The van der Waals surface area contributed by atoms with Crippen LogP contribution in [0.5, 0.6) is 17.2 Å². The fraction of sp³-hybridized carbons (Fsp3) is 0.263. The van der Waals surface area contributed by atoms with Crippen LogP contribution >= 0.6 is 0 Å². The van der Waals surface area contributed by atoms with Crippen LogP contribution in [0.2, 0.25) is 0 Å². The average Bonchev–Trinajstić information content (AvgIpc) is 3.02. The normalized spacial score (nSPS) is 10.6. The van der Waals surface area contributed by atoms with Gasteiger partial charge >= 0.3 is 0 Å². The summed E-state index contributed by atoms with van der Waals surface area (Å²) in [5.41, 5.74) is 1.80. The first-order valence-electron chi connectivity index (χ1n) is 8.26. The number of anilines is 1. The maximum atomic E-state index is 12.4. The summed E-state index contributed by atoms with van der Waals surface area (Å²) in [6.45, 7) is 2.50. The minimum Gasteiger partial charge on any atom is -0.493 e. The summed E-state index contributed by atoms with van der Waals surface area (Å²) in [5.74, 6) is 1.56. The zero-order valence-electron chi connectivity index (χ0n) is 15.0. The fourth-order valence-electron chi connectivity index (χ4n) is 2.75. The van der Waals surface area contributed by atoms with Crippen molar-refractivity contribution in [2.24, 2.45) is 0 Å². The van der Waals surface area contributed by atoms with Gasteiger partial charge in [0.15, 0.2) is 18.1 Å². The van der Waals surface area contributed by atoms with Crippen molar-refractivity contribution in [2.75, 3.05) is 26.1 Å². The standard InChI is InChI=1S/C19H21N3O4/c1-4-22-14-9-6-5-8-13(14)20-19(22)21-17(23)12-26-18-15(24-2)10-7-11-16(18)25-3/h5-11H,4,12H2,1-3H3,(H,20,21,23). The molecule has 26 heavy (non-hydrogen) atoms. The van der Waals surface area contributed by atoms with Crippen LogP contribution in [0, 0.1) is 0 Å². The Balaban J connectivity index is 1.75. The molecule has 0 saturated heterocycles. The van der Waals surface area contributed by atoms with Crippen LogP contribution in [0.4, 0.5) is 5.95 Å². The summed E-state index contributed by atoms with van der Waals surface area (Å²) in [6, 6.07) is 13.0. The van der Waals surface area contributed by atoms with Gasteiger partial charge in [-0.05, 0) is 31.2 Å². The van der Waals surface area contributed by atoms with Gasteiger partial charge < -0.3 is 18.8 Å². The molecule has 0 aliphatic rings. The SMILES string of the molecule is CCn1c(NC(=O)COc2c(OC)cccc2OC)nc2ccccc21. The first-order chi connectivity index (χ1) is 12.7. The molecule has 0 unspecified atom stereocenters. The zero-order valence-corrected chi connectivity index (χ0v) is 15.0. The van der Waals surface area contributed by atoms with Gasteiger partial charge in [-0.3, -0.25) is 10.1 Å². The van der Waals surface area contributed by atoms with Crippen molar-refractivity contribution < 1.29 is 19.0 Å². The van der Waals surface area contributed by atoms with Crippen LogP contribution in [0.1, 0.15) is 6.92 Å². The summed E-state index contributed by atoms with van der Waals surface area (Å²) < 4.78 is 18.1. The topological polar surface area (TPSA) is 74.6 Å². The number of carbonyl (C=O) groups excluding carboxylic acids is 1. The van der Waals surface area contributed by atoms with E-state index in [4.69, 9.17) is 14.2 Å². The minimum atomic E-state index is -0.317. The van der Waals surface area contributed by atoms with Crippen molar-refractivity contribution in [3.05, 3.63) is 42.5 Å². The van der Waals surface area contributed by atoms with E-state index in [9.17, 15) is 4.79 Å². The van der Waals surface area contributed by atoms with Crippen molar-refractivity contribution >= 4 is 22.9 Å². The van der Waals surface area contributed by atoms with E-state index in [1.54, 1.807) is 18.2 Å². The summed E-state index contributed by atoms with van der Waals surface area (Å²) >= 11 is 0. The van der Waals surface area contributed by atoms with Gasteiger partial charge in [0.25, 0.3) is 5.91 Å². The van der Waals surface area contributed by atoms with Crippen molar-refractivity contribution in [1.29, 1.82) is 0 Å². The molecule has 1 heterocycles. The van der Waals surface area contributed by atoms with E-state index < -0.39 is 0 Å². The van der Waals surface area contributed by atoms with Gasteiger partial charge in [0.2, 0.25) is 11.7 Å². The molecule has 1 amide bonds. The largest absolute Gasteiger partial charge is 0.493 e. The highest BCUT2D eigenvalue weighted by atomic mass is 16.5. The Labute approximate surface area is 151 Å². The number of methoxy groups -OCH3 is 2. The molecule has 0 bridgehead atoms. The van der Waals surface area contributed by atoms with Gasteiger partial charge in [-0.2, -0.15) is 0 Å². The lowest BCUT2D eigenvalue weighted by molar-refractivity contribution is -0.118. The molecular formula is C19H21N3O4. The first kappa shape index (κ1) is 17.6. The van der Waals surface area contributed by atoms with E-state index in [0.717, 1.165) is 11.0 Å². The lowest BCUT2D eigenvalue weighted by atomic mass is 10.3. The van der Waals surface area contributed by atoms with E-state index >= 15 is 0 Å². The minimum absolute atomic E-state index is 0.191. The van der Waals surface area contributed by atoms with Crippen LogP contribution in [-0.4, -0.2) is 36.3 Å². The van der Waals surface area contributed by atoms with E-state index in [2.05, 4.69) is 10.3 Å². The van der Waals surface area contributed by atoms with Gasteiger partial charge in [-0.1, -0.05) is 18.2 Å². The maximum absolute atomic E-state index is 12.4. The third kappa shape index (κ3) is 3.42. The Bertz CT molecular complexity index is 898. The summed E-state index contributed by atoms with van der Waals surface area (Å²) in [6.07, 6.45) is 0. The number of hydrogen-bond donors (Lipinski definition) is 1. The Morgan fingerprint density at radius 2 is 1.77 bits per heavy atom. The van der Waals surface area contributed by atoms with Crippen LogP contribution < -0.4 is 19.5 Å². The number of para-hydroxylation sites is 3. The quantitative estimate of drug-likeness (QED) is 0.705. The number of ether oxygens (including phenoxy) is 3. The van der Waals surface area contributed by atoms with Gasteiger partial charge in [0.1, 0.15) is 0 Å². The molecule has 7 heteroatoms. The van der Waals surface area contributed by atoms with Gasteiger partial charge in [-0.25, -0.2) is 4.98 Å². The second-order valence-electron chi connectivity index (χ2n) is 5.50. The zero-order chi connectivity index (χ0) is 18.5. The van der Waals surface area contributed by atoms with Crippen molar-refractivity contribution in [3.63, 3.8) is 0 Å². The number of hydrogen-bond acceptors (Lipinski definition) is 5. The average molecular weight is 355 g/mol. The molecule has 3 aromatic rings. The molecule has 0 spiro atoms. The number of fused-ring (bicyclic) bond motifs is 1. The van der Waals surface area contributed by atoms with Crippen LogP contribution in [-0.2, 0) is 11.3 Å². The highest BCUT2D eigenvalue weighted by Gasteiger charge is 2.15. The Kier molecular flexibility index (Phi) is 5.26. The van der Waals surface area contributed by atoms with E-state index in [1.165, 1.54) is 14.2 Å². The molecule has 0 fully saturated rings. The molecule has 0 saturated carbocycles. The second-order valence-corrected chi connectivity index (χ2v) is 5.50. The molecule has 136 valence electrons. The number of rotatable bonds is 7. The Morgan fingerprint density at radius 1 is 1.08 bits per heavy atom. The maximum Gasteiger partial charge on any atom is 0.264 e. The van der Waals surface area contributed by atoms with Crippen LogP contribution in [0.15, 0.2) is 42.5 Å². The summed E-state index contributed by atoms with van der Waals surface area (Å²) in [7, 11) is 3.07. The molecule has 0 radical (unpaired) electrons. The van der Waals surface area contributed by atoms with Crippen LogP contribution in [0.25, 0.3) is 11.0 Å². The number of nitrogens with one attached hydrogen (secondary N) is 1. The lowest BCUT2D eigenvalue weighted by Gasteiger charge is -2.14. The van der Waals surface area contributed by atoms with Gasteiger partial charge in [0, 0.05) is 6.54 Å². The fourth-order valence-corrected chi connectivity index (χ4v) is 2.75. The van der Waals surface area contributed by atoms with Crippen molar-refractivity contribution in [1.82, 2.24) is 9.55 Å². The highest BCUT2D eigenvalue weighted by molar-refractivity contribution is 5.92. The number of amides is 1. The number of imidazole rings is 1. The molecule has 1 aromatic heterocycles. The third-order valence-corrected chi connectivity index (χ3v) is 3.95. The summed E-state index contributed by atoms with van der Waals surface area (Å²) in [5, 5.41) is 2.80. The molecule has 1 N–H and O–H groups in total. The third-order valence-electron chi connectivity index (χ3n) is 3.95.